The summed E-state index contributed by atoms with van der Waals surface area (Å²) in [4.78, 5) is 11.8. The first-order valence-electron chi connectivity index (χ1n) is 5.76. The van der Waals surface area contributed by atoms with Crippen LogP contribution < -0.4 is 5.32 Å². The second-order valence-corrected chi connectivity index (χ2v) is 3.89. The maximum Gasteiger partial charge on any atom is 0.267 e. The molecule has 0 bridgehead atoms. The van der Waals surface area contributed by atoms with E-state index in [1.54, 1.807) is 10.8 Å². The molecule has 1 heterocycles. The van der Waals surface area contributed by atoms with Crippen molar-refractivity contribution in [3.8, 4) is 6.07 Å². The van der Waals surface area contributed by atoms with Gasteiger partial charge in [0.15, 0.2) is 0 Å². The van der Waals surface area contributed by atoms with Gasteiger partial charge in [-0.25, -0.2) is 0 Å². The van der Waals surface area contributed by atoms with Crippen LogP contribution in [0.4, 0.5) is 0 Å². The number of para-hydroxylation sites is 1. The molecule has 0 saturated heterocycles. The number of hydrogen-bond donors (Lipinski definition) is 2. The minimum atomic E-state index is -0.320. The van der Waals surface area contributed by atoms with Crippen molar-refractivity contribution in [2.75, 3.05) is 13.7 Å². The number of amides is 1. The highest BCUT2D eigenvalue weighted by Gasteiger charge is 2.15. The van der Waals surface area contributed by atoms with Crippen molar-refractivity contribution >= 4 is 22.5 Å². The molecule has 0 aliphatic rings. The third kappa shape index (κ3) is 2.21. The lowest BCUT2D eigenvalue weighted by molar-refractivity contribution is -0.115. The number of rotatable bonds is 3. The van der Waals surface area contributed by atoms with Gasteiger partial charge in [0.25, 0.3) is 5.91 Å². The highest BCUT2D eigenvalue weighted by molar-refractivity contribution is 6.15. The lowest BCUT2D eigenvalue weighted by atomic mass is 10.2. The van der Waals surface area contributed by atoms with Crippen LogP contribution in [0.25, 0.3) is 16.6 Å². The Balaban J connectivity index is 2.71. The Morgan fingerprint density at radius 3 is 2.89 bits per heavy atom. The zero-order chi connectivity index (χ0) is 13.8. The quantitative estimate of drug-likeness (QED) is 0.806. The summed E-state index contributed by atoms with van der Waals surface area (Å²) in [6.07, 6.45) is 3.01. The molecule has 0 fully saturated rings. The van der Waals surface area contributed by atoms with E-state index in [9.17, 15) is 4.79 Å². The van der Waals surface area contributed by atoms with Gasteiger partial charge in [0.1, 0.15) is 11.8 Å². The fourth-order valence-electron chi connectivity index (χ4n) is 1.98. The monoisotopic (exact) mass is 255 g/mol. The van der Waals surface area contributed by atoms with Gasteiger partial charge in [-0.3, -0.25) is 4.79 Å². The topological polar surface area (TPSA) is 78.0 Å². The molecule has 2 aromatic rings. The van der Waals surface area contributed by atoms with Crippen LogP contribution in [-0.2, 0) is 4.79 Å². The molecule has 1 aromatic carbocycles. The molecule has 19 heavy (non-hydrogen) atoms. The third-order valence-corrected chi connectivity index (χ3v) is 2.84. The van der Waals surface area contributed by atoms with Gasteiger partial charge in [0.2, 0.25) is 0 Å². The lowest BCUT2D eigenvalue weighted by Crippen LogP contribution is -2.22. The van der Waals surface area contributed by atoms with Gasteiger partial charge in [-0.2, -0.15) is 5.26 Å². The number of nitrogens with zero attached hydrogens (tertiary/aromatic N) is 2. The molecule has 5 heteroatoms. The van der Waals surface area contributed by atoms with E-state index in [0.29, 0.717) is 11.3 Å². The summed E-state index contributed by atoms with van der Waals surface area (Å²) in [5.74, 6) is -0.320. The first-order chi connectivity index (χ1) is 9.22. The average molecular weight is 255 g/mol. The molecule has 5 nitrogen and oxygen atoms in total. The van der Waals surface area contributed by atoms with Crippen LogP contribution in [0.2, 0.25) is 0 Å². The van der Waals surface area contributed by atoms with E-state index in [1.165, 1.54) is 13.1 Å². The first-order valence-corrected chi connectivity index (χ1v) is 5.76. The van der Waals surface area contributed by atoms with Gasteiger partial charge in [-0.1, -0.05) is 18.2 Å². The Kier molecular flexibility index (Phi) is 3.64. The van der Waals surface area contributed by atoms with E-state index in [-0.39, 0.29) is 12.5 Å². The molecule has 0 radical (unpaired) electrons. The number of aliphatic hydroxyl groups is 1. The number of hydrogen-bond acceptors (Lipinski definition) is 3. The van der Waals surface area contributed by atoms with Gasteiger partial charge in [0.05, 0.1) is 17.7 Å². The molecule has 0 aliphatic heterocycles. The van der Waals surface area contributed by atoms with E-state index in [2.05, 4.69) is 11.4 Å². The molecule has 2 rings (SSSR count). The minimum absolute atomic E-state index is 0.253. The van der Waals surface area contributed by atoms with E-state index in [0.717, 1.165) is 10.9 Å². The molecule has 0 saturated carbocycles. The molecule has 0 aliphatic carbocycles. The van der Waals surface area contributed by atoms with Gasteiger partial charge in [-0.15, -0.1) is 0 Å². The molecular formula is C14H13N3O2. The maximum atomic E-state index is 11.8. The molecule has 1 amide bonds. The van der Waals surface area contributed by atoms with E-state index in [1.807, 2.05) is 24.3 Å². The van der Waals surface area contributed by atoms with Crippen LogP contribution in [0.1, 0.15) is 5.56 Å². The Bertz CT molecular complexity index is 692. The summed E-state index contributed by atoms with van der Waals surface area (Å²) >= 11 is 0. The molecular weight excluding hydrogens is 242 g/mol. The second-order valence-electron chi connectivity index (χ2n) is 3.89. The van der Waals surface area contributed by atoms with E-state index >= 15 is 0 Å². The van der Waals surface area contributed by atoms with E-state index in [4.69, 9.17) is 10.4 Å². The van der Waals surface area contributed by atoms with Crippen LogP contribution in [-0.4, -0.2) is 29.2 Å². The fourth-order valence-corrected chi connectivity index (χ4v) is 1.98. The number of carbonyl (C=O) groups is 1. The largest absolute Gasteiger partial charge is 0.392 e. The van der Waals surface area contributed by atoms with Crippen molar-refractivity contribution in [2.24, 2.45) is 0 Å². The summed E-state index contributed by atoms with van der Waals surface area (Å²) in [5.41, 5.74) is 1.54. The van der Waals surface area contributed by atoms with Crippen LogP contribution in [0.3, 0.4) is 0 Å². The van der Waals surface area contributed by atoms with Crippen molar-refractivity contribution in [3.63, 3.8) is 0 Å². The zero-order valence-electron chi connectivity index (χ0n) is 10.4. The second kappa shape index (κ2) is 5.38. The smallest absolute Gasteiger partial charge is 0.267 e. The number of nitrogens with one attached hydrogen (secondary N) is 1. The third-order valence-electron chi connectivity index (χ3n) is 2.84. The Labute approximate surface area is 110 Å². The number of aliphatic hydroxyl groups excluding tert-OH is 1. The average Bonchev–Trinajstić information content (AvgIpc) is 2.82. The number of carbonyl (C=O) groups excluding carboxylic acids is 1. The van der Waals surface area contributed by atoms with Crippen LogP contribution in [0, 0.1) is 11.3 Å². The highest BCUT2D eigenvalue weighted by Crippen LogP contribution is 2.23. The maximum absolute atomic E-state index is 11.8. The number of nitriles is 1. The van der Waals surface area contributed by atoms with E-state index < -0.39 is 0 Å². The number of benzene rings is 1. The van der Waals surface area contributed by atoms with Gasteiger partial charge in [0, 0.05) is 18.6 Å². The number of aromatic nitrogens is 1. The van der Waals surface area contributed by atoms with Crippen molar-refractivity contribution in [2.45, 2.75) is 0 Å². The summed E-state index contributed by atoms with van der Waals surface area (Å²) < 4.78 is 1.61. The van der Waals surface area contributed by atoms with Crippen molar-refractivity contribution in [3.05, 3.63) is 42.1 Å². The molecule has 96 valence electrons. The van der Waals surface area contributed by atoms with Crippen LogP contribution >= 0.6 is 0 Å². The predicted octanol–water partition coefficient (Wildman–Crippen LogP) is 1.09. The number of fused-ring (bicyclic) bond motifs is 1. The fraction of sp³-hybridized carbons (Fsp3) is 0.143. The molecule has 0 spiro atoms. The summed E-state index contributed by atoms with van der Waals surface area (Å²) in [6.45, 7) is -0.253. The summed E-state index contributed by atoms with van der Waals surface area (Å²) in [7, 11) is 1.52. The van der Waals surface area contributed by atoms with Crippen molar-refractivity contribution in [1.82, 2.24) is 9.88 Å². The normalized spacial score (nSPS) is 11.3. The van der Waals surface area contributed by atoms with Crippen molar-refractivity contribution in [1.29, 1.82) is 5.26 Å². The Morgan fingerprint density at radius 2 is 2.26 bits per heavy atom. The molecule has 1 aromatic heterocycles. The predicted molar refractivity (Wildman–Crippen MR) is 72.1 cm³/mol. The minimum Gasteiger partial charge on any atom is -0.392 e. The van der Waals surface area contributed by atoms with Crippen molar-refractivity contribution < 1.29 is 9.90 Å². The zero-order valence-corrected chi connectivity index (χ0v) is 10.4. The van der Waals surface area contributed by atoms with Crippen LogP contribution in [0.5, 0.6) is 0 Å². The Hall–Kier alpha value is -2.58. The van der Waals surface area contributed by atoms with Crippen LogP contribution in [0.15, 0.2) is 36.5 Å². The Morgan fingerprint density at radius 1 is 1.53 bits per heavy atom. The summed E-state index contributed by atoms with van der Waals surface area (Å²) in [6, 6.07) is 9.42. The molecule has 2 N–H and O–H groups in total. The van der Waals surface area contributed by atoms with Gasteiger partial charge < -0.3 is 15.0 Å². The number of likely N-dealkylation sites (N-methyl/N-ethyl adjacent to an activating group) is 1. The first kappa shape index (κ1) is 12.9. The SMILES string of the molecule is CNC(=O)/C(=C/CO)n1cc(C#N)c2ccccc21. The lowest BCUT2D eigenvalue weighted by Gasteiger charge is -2.08. The van der Waals surface area contributed by atoms with Gasteiger partial charge in [-0.05, 0) is 12.1 Å². The summed E-state index contributed by atoms with van der Waals surface area (Å²) in [5, 5.41) is 21.5. The molecule has 0 unspecified atom stereocenters. The van der Waals surface area contributed by atoms with Gasteiger partial charge >= 0.3 is 0 Å². The highest BCUT2D eigenvalue weighted by atomic mass is 16.2. The standard InChI is InChI=1S/C14H13N3O2/c1-16-14(19)13(6-7-18)17-9-10(8-15)11-4-2-3-5-12(11)17/h2-6,9,18H,7H2,1H3,(H,16,19)/b13-6-. The molecule has 0 atom stereocenters.